The fraction of sp³-hybridized carbons (Fsp3) is 0.571. The normalized spacial score (nSPS) is 17.6. The second kappa shape index (κ2) is 4.50. The fourth-order valence-electron chi connectivity index (χ4n) is 2.06. The zero-order chi connectivity index (χ0) is 13.4. The topological polar surface area (TPSA) is 35.2 Å². The first-order valence-electron chi connectivity index (χ1n) is 6.18. The van der Waals surface area contributed by atoms with E-state index >= 15 is 0 Å². The number of benzene rings is 1. The van der Waals surface area contributed by atoms with E-state index < -0.39 is 5.92 Å². The van der Waals surface area contributed by atoms with E-state index in [1.165, 1.54) is 13.2 Å². The summed E-state index contributed by atoms with van der Waals surface area (Å²) in [5.74, 6) is -2.65. The highest BCUT2D eigenvalue weighted by Crippen LogP contribution is 2.38. The van der Waals surface area contributed by atoms with Crippen LogP contribution in [0, 0.1) is 0 Å². The van der Waals surface area contributed by atoms with Crippen LogP contribution >= 0.6 is 0 Å². The lowest BCUT2D eigenvalue weighted by molar-refractivity contribution is 0.0150. The third-order valence-corrected chi connectivity index (χ3v) is 3.54. The molecule has 1 aliphatic rings. The Labute approximate surface area is 106 Å². The minimum absolute atomic E-state index is 0.0468. The van der Waals surface area contributed by atoms with Crippen molar-refractivity contribution in [1.82, 2.24) is 0 Å². The summed E-state index contributed by atoms with van der Waals surface area (Å²) in [5, 5.41) is 0. The molecular weight excluding hydrogens is 236 g/mol. The Bertz CT molecular complexity index is 436. The largest absolute Gasteiger partial charge is 0.496 e. The predicted octanol–water partition coefficient (Wildman–Crippen LogP) is 3.23. The molecule has 0 amide bonds. The summed E-state index contributed by atoms with van der Waals surface area (Å²) in [5.41, 5.74) is 6.80. The van der Waals surface area contributed by atoms with Gasteiger partial charge >= 0.3 is 0 Å². The van der Waals surface area contributed by atoms with Crippen LogP contribution in [0.3, 0.4) is 0 Å². The van der Waals surface area contributed by atoms with Gasteiger partial charge in [0.2, 0.25) is 0 Å². The molecule has 0 saturated heterocycles. The molecular formula is C14H19F2NO. The highest BCUT2D eigenvalue weighted by atomic mass is 19.3. The maximum atomic E-state index is 13.5. The molecule has 2 N–H and O–H groups in total. The molecule has 1 fully saturated rings. The third kappa shape index (κ3) is 2.99. The lowest BCUT2D eigenvalue weighted by atomic mass is 9.99. The third-order valence-electron chi connectivity index (χ3n) is 3.54. The van der Waals surface area contributed by atoms with E-state index in [0.29, 0.717) is 0 Å². The molecule has 0 unspecified atom stereocenters. The highest BCUT2D eigenvalue weighted by molar-refractivity contribution is 5.40. The number of ether oxygens (including phenoxy) is 1. The molecule has 1 aromatic carbocycles. The van der Waals surface area contributed by atoms with Crippen LogP contribution in [-0.4, -0.2) is 12.6 Å². The van der Waals surface area contributed by atoms with Crippen molar-refractivity contribution in [2.24, 2.45) is 5.73 Å². The number of hydrogen-bond acceptors (Lipinski definition) is 2. The molecule has 0 spiro atoms. The minimum atomic E-state index is -2.89. The average molecular weight is 255 g/mol. The lowest BCUT2D eigenvalue weighted by Gasteiger charge is -2.17. The minimum Gasteiger partial charge on any atom is -0.496 e. The number of rotatable bonds is 5. The van der Waals surface area contributed by atoms with Gasteiger partial charge in [-0.1, -0.05) is 6.07 Å². The Balaban J connectivity index is 2.17. The summed E-state index contributed by atoms with van der Waals surface area (Å²) in [6, 6.07) is 4.97. The smallest absolute Gasteiger partial charge is 0.274 e. The van der Waals surface area contributed by atoms with Crippen molar-refractivity contribution in [2.75, 3.05) is 7.11 Å². The number of halogens is 2. The lowest BCUT2D eigenvalue weighted by Crippen LogP contribution is -2.22. The van der Waals surface area contributed by atoms with Gasteiger partial charge in [-0.15, -0.1) is 0 Å². The van der Waals surface area contributed by atoms with Gasteiger partial charge in [-0.05, 0) is 43.4 Å². The summed E-state index contributed by atoms with van der Waals surface area (Å²) >= 11 is 0. The van der Waals surface area contributed by atoms with E-state index in [1.54, 1.807) is 6.07 Å². The van der Waals surface area contributed by atoms with Gasteiger partial charge in [-0.2, -0.15) is 0 Å². The molecule has 0 heterocycles. The van der Waals surface area contributed by atoms with E-state index in [2.05, 4.69) is 0 Å². The first kappa shape index (κ1) is 13.3. The van der Waals surface area contributed by atoms with Gasteiger partial charge in [0.1, 0.15) is 5.75 Å². The monoisotopic (exact) mass is 255 g/mol. The molecule has 0 atom stereocenters. The molecule has 0 radical (unpaired) electrons. The average Bonchev–Trinajstić information content (AvgIpc) is 3.04. The zero-order valence-electron chi connectivity index (χ0n) is 10.8. The van der Waals surface area contributed by atoms with E-state index in [4.69, 9.17) is 10.5 Å². The van der Waals surface area contributed by atoms with E-state index in [-0.39, 0.29) is 16.9 Å². The van der Waals surface area contributed by atoms with Gasteiger partial charge in [0.25, 0.3) is 5.92 Å². The van der Waals surface area contributed by atoms with Crippen molar-refractivity contribution in [1.29, 1.82) is 0 Å². The predicted molar refractivity (Wildman–Crippen MR) is 67.0 cm³/mol. The molecule has 0 aromatic heterocycles. The first-order valence-corrected chi connectivity index (χ1v) is 6.18. The standard InChI is InChI=1S/C14H19F2NO/c1-13(15,16)11-9-10(3-4-12(11)18-2)5-6-14(17)7-8-14/h3-4,9H,5-8,17H2,1-2H3. The number of nitrogens with two attached hydrogens (primary N) is 1. The first-order chi connectivity index (χ1) is 8.34. The molecule has 4 heteroatoms. The molecule has 1 saturated carbocycles. The van der Waals surface area contributed by atoms with Crippen LogP contribution in [0.25, 0.3) is 0 Å². The summed E-state index contributed by atoms with van der Waals surface area (Å²) in [6.45, 7) is 0.889. The molecule has 1 aliphatic carbocycles. The van der Waals surface area contributed by atoms with Crippen LogP contribution in [0.2, 0.25) is 0 Å². The van der Waals surface area contributed by atoms with E-state index in [0.717, 1.165) is 38.2 Å². The Kier molecular flexibility index (Phi) is 3.32. The fourth-order valence-corrected chi connectivity index (χ4v) is 2.06. The molecule has 2 nitrogen and oxygen atoms in total. The Hall–Kier alpha value is -1.16. The van der Waals surface area contributed by atoms with Crippen molar-refractivity contribution in [2.45, 2.75) is 44.1 Å². The van der Waals surface area contributed by atoms with E-state index in [9.17, 15) is 8.78 Å². The SMILES string of the molecule is COc1ccc(CCC2(N)CC2)cc1C(C)(F)F. The number of aryl methyl sites for hydroxylation is 1. The van der Waals surface area contributed by atoms with Gasteiger partial charge in [0.05, 0.1) is 12.7 Å². The molecule has 2 rings (SSSR count). The quantitative estimate of drug-likeness (QED) is 0.876. The van der Waals surface area contributed by atoms with Crippen molar-refractivity contribution in [3.63, 3.8) is 0 Å². The van der Waals surface area contributed by atoms with E-state index in [1.807, 2.05) is 6.07 Å². The van der Waals surface area contributed by atoms with Gasteiger partial charge in [0.15, 0.2) is 0 Å². The van der Waals surface area contributed by atoms with Gasteiger partial charge in [-0.25, -0.2) is 8.78 Å². The molecule has 100 valence electrons. The van der Waals surface area contributed by atoms with Crippen LogP contribution in [0.5, 0.6) is 5.75 Å². The van der Waals surface area contributed by atoms with Gasteiger partial charge in [0, 0.05) is 12.5 Å². The van der Waals surface area contributed by atoms with Crippen molar-refractivity contribution in [3.05, 3.63) is 29.3 Å². The van der Waals surface area contributed by atoms with Crippen molar-refractivity contribution in [3.8, 4) is 5.75 Å². The second-order valence-electron chi connectivity index (χ2n) is 5.29. The van der Waals surface area contributed by atoms with Crippen LogP contribution in [-0.2, 0) is 12.3 Å². The van der Waals surface area contributed by atoms with Crippen molar-refractivity contribution >= 4 is 0 Å². The summed E-state index contributed by atoms with van der Waals surface area (Å²) in [7, 11) is 1.41. The van der Waals surface area contributed by atoms with Crippen molar-refractivity contribution < 1.29 is 13.5 Å². The highest BCUT2D eigenvalue weighted by Gasteiger charge is 2.37. The van der Waals surface area contributed by atoms with Crippen LogP contribution < -0.4 is 10.5 Å². The number of methoxy groups -OCH3 is 1. The summed E-state index contributed by atoms with van der Waals surface area (Å²) in [6.07, 6.45) is 3.68. The van der Waals surface area contributed by atoms with Crippen LogP contribution in [0.15, 0.2) is 18.2 Å². The molecule has 1 aromatic rings. The van der Waals surface area contributed by atoms with Gasteiger partial charge in [-0.3, -0.25) is 0 Å². The second-order valence-corrected chi connectivity index (χ2v) is 5.29. The maximum absolute atomic E-state index is 13.5. The zero-order valence-corrected chi connectivity index (χ0v) is 10.8. The van der Waals surface area contributed by atoms with Crippen LogP contribution in [0.1, 0.15) is 37.3 Å². The molecule has 0 bridgehead atoms. The molecule has 0 aliphatic heterocycles. The molecule has 18 heavy (non-hydrogen) atoms. The summed E-state index contributed by atoms with van der Waals surface area (Å²) in [4.78, 5) is 0. The number of hydrogen-bond donors (Lipinski definition) is 1. The van der Waals surface area contributed by atoms with Gasteiger partial charge < -0.3 is 10.5 Å². The maximum Gasteiger partial charge on any atom is 0.274 e. The summed E-state index contributed by atoms with van der Waals surface area (Å²) < 4.78 is 31.9. The Morgan fingerprint density at radius 1 is 1.39 bits per heavy atom. The Morgan fingerprint density at radius 2 is 2.06 bits per heavy atom. The Morgan fingerprint density at radius 3 is 2.56 bits per heavy atom. The van der Waals surface area contributed by atoms with Crippen LogP contribution in [0.4, 0.5) is 8.78 Å². The number of alkyl halides is 2.